The van der Waals surface area contributed by atoms with E-state index in [9.17, 15) is 13.2 Å². The van der Waals surface area contributed by atoms with Crippen LogP contribution in [-0.2, 0) is 21.2 Å². The fraction of sp³-hybridized carbons (Fsp3) is 0.296. The molecule has 186 valence electrons. The first-order valence-electron chi connectivity index (χ1n) is 11.4. The van der Waals surface area contributed by atoms with Gasteiger partial charge in [0.15, 0.2) is 0 Å². The van der Waals surface area contributed by atoms with Crippen molar-refractivity contribution in [2.45, 2.75) is 44.9 Å². The number of carbonyl (C=O) groups is 1. The number of halogens is 1. The normalized spacial score (nSPS) is 11.4. The van der Waals surface area contributed by atoms with Gasteiger partial charge in [-0.15, -0.1) is 0 Å². The highest BCUT2D eigenvalue weighted by atomic mass is 32.2. The van der Waals surface area contributed by atoms with Crippen LogP contribution in [0.2, 0.25) is 0 Å². The number of esters is 1. The molecule has 8 heteroatoms. The number of nitrogens with two attached hydrogens (primary N) is 1. The van der Waals surface area contributed by atoms with Crippen LogP contribution in [0.5, 0.6) is 5.75 Å². The van der Waals surface area contributed by atoms with Gasteiger partial charge in [-0.3, -0.25) is 0 Å². The summed E-state index contributed by atoms with van der Waals surface area (Å²) in [5, 5.41) is 5.42. The second-order valence-electron chi connectivity index (χ2n) is 8.23. The van der Waals surface area contributed by atoms with Gasteiger partial charge in [0.25, 0.3) is 0 Å². The molecule has 0 atom stereocenters. The second-order valence-corrected chi connectivity index (χ2v) is 9.73. The summed E-state index contributed by atoms with van der Waals surface area (Å²) >= 11 is 0. The third-order valence-electron chi connectivity index (χ3n) is 5.73. The molecule has 3 aromatic rings. The Balaban J connectivity index is 2.16. The number of ether oxygens (including phenoxy) is 2. The van der Waals surface area contributed by atoms with Crippen molar-refractivity contribution in [2.24, 2.45) is 5.14 Å². The number of rotatable bonds is 9. The van der Waals surface area contributed by atoms with E-state index >= 15 is 4.39 Å². The summed E-state index contributed by atoms with van der Waals surface area (Å²) in [5.41, 5.74) is 2.16. The smallest absolute Gasteiger partial charge is 0.338 e. The molecule has 0 saturated carbocycles. The van der Waals surface area contributed by atoms with Crippen LogP contribution in [-0.4, -0.2) is 28.1 Å². The highest BCUT2D eigenvalue weighted by molar-refractivity contribution is 7.89. The number of benzene rings is 3. The molecule has 0 saturated heterocycles. The number of primary sulfonamides is 1. The van der Waals surface area contributed by atoms with Crippen molar-refractivity contribution in [1.82, 2.24) is 0 Å². The molecule has 0 aliphatic carbocycles. The second kappa shape index (κ2) is 11.0. The SMILES string of the molecule is CCCOc1ccc(-c2ccc(-c3c(F)c(CCC)c(S(N)(=O)=O)c(C)c3C(=O)OC)cc2)cc1. The van der Waals surface area contributed by atoms with Crippen LogP contribution < -0.4 is 9.88 Å². The Bertz CT molecular complexity index is 1320. The Morgan fingerprint density at radius 1 is 0.943 bits per heavy atom. The minimum Gasteiger partial charge on any atom is -0.494 e. The van der Waals surface area contributed by atoms with Crippen molar-refractivity contribution in [3.63, 3.8) is 0 Å². The molecule has 3 aromatic carbocycles. The number of hydrogen-bond acceptors (Lipinski definition) is 5. The number of sulfonamides is 1. The Kier molecular flexibility index (Phi) is 8.30. The van der Waals surface area contributed by atoms with Crippen molar-refractivity contribution in [3.05, 3.63) is 71.0 Å². The summed E-state index contributed by atoms with van der Waals surface area (Å²) in [6.07, 6.45) is 1.56. The van der Waals surface area contributed by atoms with Crippen LogP contribution in [0.25, 0.3) is 22.3 Å². The van der Waals surface area contributed by atoms with Gasteiger partial charge in [0.05, 0.1) is 24.2 Å². The molecule has 0 amide bonds. The summed E-state index contributed by atoms with van der Waals surface area (Å²) < 4.78 is 51.1. The molecule has 3 rings (SSSR count). The first kappa shape index (κ1) is 26.4. The molecule has 35 heavy (non-hydrogen) atoms. The molecule has 6 nitrogen and oxygen atoms in total. The lowest BCUT2D eigenvalue weighted by Gasteiger charge is -2.20. The summed E-state index contributed by atoms with van der Waals surface area (Å²) in [7, 11) is -3.12. The van der Waals surface area contributed by atoms with Crippen molar-refractivity contribution in [1.29, 1.82) is 0 Å². The Hall–Kier alpha value is -3.23. The van der Waals surface area contributed by atoms with Crippen LogP contribution in [0, 0.1) is 12.7 Å². The van der Waals surface area contributed by atoms with Gasteiger partial charge in [-0.1, -0.05) is 56.7 Å². The molecule has 0 radical (unpaired) electrons. The zero-order chi connectivity index (χ0) is 25.8. The Labute approximate surface area is 205 Å². The van der Waals surface area contributed by atoms with Gasteiger partial charge < -0.3 is 9.47 Å². The standard InChI is InChI=1S/C27H30FNO5S/c1-5-7-22-25(28)24(23(27(30)33-4)17(3)26(22)35(29,31)32)20-10-8-18(9-11-20)19-12-14-21(15-13-19)34-16-6-2/h8-15H,5-7,16H2,1-4H3,(H2,29,31,32). The van der Waals surface area contributed by atoms with Gasteiger partial charge >= 0.3 is 5.97 Å². The highest BCUT2D eigenvalue weighted by Gasteiger charge is 2.31. The predicted octanol–water partition coefficient (Wildman–Crippen LogP) is 5.64. The van der Waals surface area contributed by atoms with Crippen LogP contribution >= 0.6 is 0 Å². The summed E-state index contributed by atoms with van der Waals surface area (Å²) in [6.45, 7) is 5.94. The fourth-order valence-corrected chi connectivity index (χ4v) is 5.23. The molecule has 0 aliphatic heterocycles. The largest absolute Gasteiger partial charge is 0.494 e. The van der Waals surface area contributed by atoms with E-state index < -0.39 is 21.8 Å². The zero-order valence-corrected chi connectivity index (χ0v) is 21.2. The zero-order valence-electron chi connectivity index (χ0n) is 20.4. The number of hydrogen-bond donors (Lipinski definition) is 1. The fourth-order valence-electron chi connectivity index (χ4n) is 4.17. The van der Waals surface area contributed by atoms with Crippen molar-refractivity contribution >= 4 is 16.0 Å². The van der Waals surface area contributed by atoms with Gasteiger partial charge in [0, 0.05) is 11.1 Å². The topological polar surface area (TPSA) is 95.7 Å². The average molecular weight is 500 g/mol. The van der Waals surface area contributed by atoms with Crippen molar-refractivity contribution in [3.8, 4) is 28.0 Å². The lowest BCUT2D eigenvalue weighted by Crippen LogP contribution is -2.21. The first-order chi connectivity index (χ1) is 16.6. The molecule has 0 heterocycles. The summed E-state index contributed by atoms with van der Waals surface area (Å²) in [6, 6.07) is 14.7. The molecule has 0 fully saturated rings. The lowest BCUT2D eigenvalue weighted by atomic mass is 9.90. The Morgan fingerprint density at radius 2 is 1.49 bits per heavy atom. The summed E-state index contributed by atoms with van der Waals surface area (Å²) in [5.74, 6) is -0.839. The number of carbonyl (C=O) groups excluding carboxylic acids is 1. The molecule has 2 N–H and O–H groups in total. The quantitative estimate of drug-likeness (QED) is 0.384. The third kappa shape index (κ3) is 5.55. The minimum absolute atomic E-state index is 0.0000588. The van der Waals surface area contributed by atoms with E-state index in [1.165, 1.54) is 6.92 Å². The van der Waals surface area contributed by atoms with Gasteiger partial charge in [0.2, 0.25) is 10.0 Å². The maximum atomic E-state index is 15.9. The molecule has 0 spiro atoms. The Morgan fingerprint density at radius 3 is 1.97 bits per heavy atom. The van der Waals surface area contributed by atoms with Crippen LogP contribution in [0.4, 0.5) is 4.39 Å². The maximum Gasteiger partial charge on any atom is 0.338 e. The van der Waals surface area contributed by atoms with Crippen LogP contribution in [0.15, 0.2) is 53.4 Å². The van der Waals surface area contributed by atoms with E-state index in [2.05, 4.69) is 0 Å². The van der Waals surface area contributed by atoms with Crippen LogP contribution in [0.1, 0.15) is 48.2 Å². The van der Waals surface area contributed by atoms with Gasteiger partial charge in [-0.2, -0.15) is 0 Å². The van der Waals surface area contributed by atoms with E-state index in [0.29, 0.717) is 18.6 Å². The average Bonchev–Trinajstić information content (AvgIpc) is 2.84. The van der Waals surface area contributed by atoms with Gasteiger partial charge in [-0.25, -0.2) is 22.7 Å². The van der Waals surface area contributed by atoms with E-state index in [1.54, 1.807) is 12.1 Å². The van der Waals surface area contributed by atoms with E-state index in [-0.39, 0.29) is 33.6 Å². The predicted molar refractivity (Wildman–Crippen MR) is 135 cm³/mol. The van der Waals surface area contributed by atoms with Gasteiger partial charge in [-0.05, 0) is 54.2 Å². The van der Waals surface area contributed by atoms with Crippen molar-refractivity contribution < 1.29 is 27.1 Å². The highest BCUT2D eigenvalue weighted by Crippen LogP contribution is 2.38. The summed E-state index contributed by atoms with van der Waals surface area (Å²) in [4.78, 5) is 12.3. The molecule has 0 unspecified atom stereocenters. The number of methoxy groups -OCH3 is 1. The van der Waals surface area contributed by atoms with Gasteiger partial charge in [0.1, 0.15) is 11.6 Å². The molecule has 0 aliphatic rings. The maximum absolute atomic E-state index is 15.9. The van der Waals surface area contributed by atoms with E-state index in [1.807, 2.05) is 50.2 Å². The molecule has 0 aromatic heterocycles. The molecule has 0 bridgehead atoms. The van der Waals surface area contributed by atoms with E-state index in [4.69, 9.17) is 14.6 Å². The molecular formula is C27H30FNO5S. The lowest BCUT2D eigenvalue weighted by molar-refractivity contribution is 0.0600. The monoisotopic (exact) mass is 499 g/mol. The molecular weight excluding hydrogens is 469 g/mol. The first-order valence-corrected chi connectivity index (χ1v) is 13.0. The van der Waals surface area contributed by atoms with E-state index in [0.717, 1.165) is 30.4 Å². The van der Waals surface area contributed by atoms with Crippen LogP contribution in [0.3, 0.4) is 0 Å². The van der Waals surface area contributed by atoms with Crippen molar-refractivity contribution in [2.75, 3.05) is 13.7 Å². The minimum atomic E-state index is -4.28. The third-order valence-corrected chi connectivity index (χ3v) is 6.85.